The first-order valence-electron chi connectivity index (χ1n) is 6.85. The normalized spacial score (nSPS) is 20.8. The predicted octanol–water partition coefficient (Wildman–Crippen LogP) is 3.09. The molecule has 9 heteroatoms. The summed E-state index contributed by atoms with van der Waals surface area (Å²) in [4.78, 5) is 24.3. The summed E-state index contributed by atoms with van der Waals surface area (Å²) >= 11 is 16.8. The molecule has 1 aromatic rings. The number of halogens is 3. The lowest BCUT2D eigenvalue weighted by atomic mass is 9.88. The van der Waals surface area contributed by atoms with Gasteiger partial charge in [-0.05, 0) is 6.07 Å². The molecule has 0 bridgehead atoms. The fourth-order valence-electron chi connectivity index (χ4n) is 2.39. The molecule has 1 aliphatic rings. The van der Waals surface area contributed by atoms with Crippen molar-refractivity contribution in [3.63, 3.8) is 0 Å². The van der Waals surface area contributed by atoms with E-state index in [0.717, 1.165) is 0 Å². The summed E-state index contributed by atoms with van der Waals surface area (Å²) in [6, 6.07) is 5.77. The number of methoxy groups -OCH3 is 1. The Balaban J connectivity index is 2.32. The average molecular weight is 394 g/mol. The van der Waals surface area contributed by atoms with Gasteiger partial charge in [0, 0.05) is 11.3 Å². The van der Waals surface area contributed by atoms with Crippen LogP contribution in [0.3, 0.4) is 0 Å². The standard InChI is InChI=1S/C15H15Cl3N2O4/c1-8-11(13(21)24-7-15(16,17)18)12(20-14(22)19-8)9-5-3-4-6-10(9)23-2/h3-6,11-12H,1,7H2,2H3,(H2,19,20,22). The molecule has 1 aromatic carbocycles. The highest BCUT2D eigenvalue weighted by molar-refractivity contribution is 6.67. The number of alkyl halides is 3. The van der Waals surface area contributed by atoms with E-state index >= 15 is 0 Å². The minimum absolute atomic E-state index is 0.184. The second-order valence-electron chi connectivity index (χ2n) is 5.04. The van der Waals surface area contributed by atoms with E-state index in [4.69, 9.17) is 44.3 Å². The lowest BCUT2D eigenvalue weighted by Gasteiger charge is -2.34. The molecule has 2 atom stereocenters. The highest BCUT2D eigenvalue weighted by Crippen LogP contribution is 2.36. The van der Waals surface area contributed by atoms with E-state index in [-0.39, 0.29) is 5.70 Å². The fourth-order valence-corrected chi connectivity index (χ4v) is 2.55. The average Bonchev–Trinajstić information content (AvgIpc) is 2.51. The van der Waals surface area contributed by atoms with Crippen molar-refractivity contribution in [2.45, 2.75) is 9.83 Å². The van der Waals surface area contributed by atoms with Gasteiger partial charge in [-0.25, -0.2) is 4.79 Å². The number of benzene rings is 1. The maximum absolute atomic E-state index is 12.5. The monoisotopic (exact) mass is 392 g/mol. The minimum atomic E-state index is -1.73. The molecule has 0 aromatic heterocycles. The van der Waals surface area contributed by atoms with Crippen molar-refractivity contribution < 1.29 is 19.1 Å². The van der Waals surface area contributed by atoms with Gasteiger partial charge in [-0.2, -0.15) is 0 Å². The number of amides is 2. The molecular formula is C15H15Cl3N2O4. The number of esters is 1. The third kappa shape index (κ3) is 4.47. The number of nitrogens with one attached hydrogen (secondary N) is 2. The van der Waals surface area contributed by atoms with Crippen LogP contribution >= 0.6 is 34.8 Å². The van der Waals surface area contributed by atoms with E-state index in [0.29, 0.717) is 11.3 Å². The molecule has 0 aliphatic carbocycles. The van der Waals surface area contributed by atoms with Gasteiger partial charge >= 0.3 is 12.0 Å². The maximum Gasteiger partial charge on any atom is 0.319 e. The SMILES string of the molecule is C=C1NC(=O)NC(c2ccccc2OC)C1C(=O)OCC(Cl)(Cl)Cl. The van der Waals surface area contributed by atoms with E-state index in [1.165, 1.54) is 7.11 Å². The second kappa shape index (κ2) is 7.51. The molecule has 1 fully saturated rings. The van der Waals surface area contributed by atoms with Crippen molar-refractivity contribution in [2.75, 3.05) is 13.7 Å². The molecule has 0 saturated carbocycles. The van der Waals surface area contributed by atoms with Gasteiger partial charge in [0.05, 0.1) is 13.2 Å². The lowest BCUT2D eigenvalue weighted by Crippen LogP contribution is -2.51. The first kappa shape index (κ1) is 18.7. The number of para-hydroxylation sites is 1. The van der Waals surface area contributed by atoms with Gasteiger partial charge < -0.3 is 20.1 Å². The Hall–Kier alpha value is -1.63. The minimum Gasteiger partial charge on any atom is -0.496 e. The fraction of sp³-hybridized carbons (Fsp3) is 0.333. The molecule has 1 heterocycles. The van der Waals surface area contributed by atoms with Crippen LogP contribution in [0, 0.1) is 5.92 Å². The summed E-state index contributed by atoms with van der Waals surface area (Å²) in [6.07, 6.45) is 0. The zero-order chi connectivity index (χ0) is 17.9. The van der Waals surface area contributed by atoms with Crippen molar-refractivity contribution in [1.82, 2.24) is 10.6 Å². The second-order valence-corrected chi connectivity index (χ2v) is 7.56. The first-order chi connectivity index (χ1) is 11.2. The van der Waals surface area contributed by atoms with Gasteiger partial charge in [0.1, 0.15) is 18.3 Å². The molecule has 2 amide bonds. The quantitative estimate of drug-likeness (QED) is 0.609. The Morgan fingerprint density at radius 3 is 2.62 bits per heavy atom. The summed E-state index contributed by atoms with van der Waals surface area (Å²) in [5, 5.41) is 5.13. The number of rotatable bonds is 4. The van der Waals surface area contributed by atoms with Crippen LogP contribution in [0.1, 0.15) is 11.6 Å². The van der Waals surface area contributed by atoms with Gasteiger partial charge in [-0.1, -0.05) is 59.6 Å². The lowest BCUT2D eigenvalue weighted by molar-refractivity contribution is -0.148. The van der Waals surface area contributed by atoms with Gasteiger partial charge in [0.25, 0.3) is 0 Å². The number of ether oxygens (including phenoxy) is 2. The van der Waals surface area contributed by atoms with Crippen LogP contribution in [0.15, 0.2) is 36.5 Å². The van der Waals surface area contributed by atoms with Gasteiger partial charge in [-0.3, -0.25) is 4.79 Å². The van der Waals surface area contributed by atoms with Crippen LogP contribution in [-0.4, -0.2) is 29.5 Å². The van der Waals surface area contributed by atoms with Crippen LogP contribution < -0.4 is 15.4 Å². The Bertz CT molecular complexity index is 660. The van der Waals surface area contributed by atoms with Crippen molar-refractivity contribution in [3.8, 4) is 5.75 Å². The molecule has 2 rings (SSSR count). The van der Waals surface area contributed by atoms with Crippen molar-refractivity contribution in [1.29, 1.82) is 0 Å². The smallest absolute Gasteiger partial charge is 0.319 e. The first-order valence-corrected chi connectivity index (χ1v) is 7.99. The van der Waals surface area contributed by atoms with E-state index in [1.54, 1.807) is 24.3 Å². The van der Waals surface area contributed by atoms with Crippen molar-refractivity contribution >= 4 is 46.8 Å². The van der Waals surface area contributed by atoms with E-state index in [9.17, 15) is 9.59 Å². The number of carbonyl (C=O) groups excluding carboxylic acids is 2. The summed E-state index contributed by atoms with van der Waals surface area (Å²) < 4.78 is 8.61. The molecule has 1 aliphatic heterocycles. The molecule has 24 heavy (non-hydrogen) atoms. The Morgan fingerprint density at radius 1 is 1.33 bits per heavy atom. The predicted molar refractivity (Wildman–Crippen MR) is 91.3 cm³/mol. The van der Waals surface area contributed by atoms with Crippen LogP contribution in [0.25, 0.3) is 0 Å². The van der Waals surface area contributed by atoms with Gasteiger partial charge in [0.2, 0.25) is 3.79 Å². The van der Waals surface area contributed by atoms with E-state index in [2.05, 4.69) is 17.2 Å². The van der Waals surface area contributed by atoms with E-state index < -0.39 is 34.4 Å². The summed E-state index contributed by atoms with van der Waals surface area (Å²) in [7, 11) is 1.49. The largest absolute Gasteiger partial charge is 0.496 e. The zero-order valence-electron chi connectivity index (χ0n) is 12.6. The maximum atomic E-state index is 12.5. The van der Waals surface area contributed by atoms with Crippen LogP contribution in [0.2, 0.25) is 0 Å². The Kier molecular flexibility index (Phi) is 5.85. The highest BCUT2D eigenvalue weighted by atomic mass is 35.6. The van der Waals surface area contributed by atoms with Crippen molar-refractivity contribution in [2.24, 2.45) is 5.92 Å². The molecule has 6 nitrogen and oxygen atoms in total. The van der Waals surface area contributed by atoms with Crippen LogP contribution in [-0.2, 0) is 9.53 Å². The molecule has 0 spiro atoms. The Labute approximate surface area is 154 Å². The van der Waals surface area contributed by atoms with Crippen LogP contribution in [0.4, 0.5) is 4.79 Å². The van der Waals surface area contributed by atoms with Gasteiger partial charge in [0.15, 0.2) is 0 Å². The summed E-state index contributed by atoms with van der Waals surface area (Å²) in [5.74, 6) is -1.09. The molecule has 1 saturated heterocycles. The summed E-state index contributed by atoms with van der Waals surface area (Å²) in [6.45, 7) is 3.31. The molecule has 2 N–H and O–H groups in total. The third-order valence-corrected chi connectivity index (χ3v) is 3.70. The van der Waals surface area contributed by atoms with Gasteiger partial charge in [-0.15, -0.1) is 0 Å². The molecule has 0 radical (unpaired) electrons. The number of hydrogen-bond donors (Lipinski definition) is 2. The van der Waals surface area contributed by atoms with Crippen LogP contribution in [0.5, 0.6) is 5.75 Å². The van der Waals surface area contributed by atoms with Crippen molar-refractivity contribution in [3.05, 3.63) is 42.1 Å². The third-order valence-electron chi connectivity index (χ3n) is 3.38. The molecular weight excluding hydrogens is 379 g/mol. The zero-order valence-corrected chi connectivity index (χ0v) is 14.9. The Morgan fingerprint density at radius 2 is 2.00 bits per heavy atom. The molecule has 130 valence electrons. The highest BCUT2D eigenvalue weighted by Gasteiger charge is 2.40. The number of carbonyl (C=O) groups is 2. The topological polar surface area (TPSA) is 76.7 Å². The summed E-state index contributed by atoms with van der Waals surface area (Å²) in [5.41, 5.74) is 0.788. The van der Waals surface area contributed by atoms with E-state index in [1.807, 2.05) is 0 Å². The number of urea groups is 1. The molecule has 2 unspecified atom stereocenters. The number of hydrogen-bond acceptors (Lipinski definition) is 4.